The highest BCUT2D eigenvalue weighted by atomic mass is 16.5. The Labute approximate surface area is 114 Å². The number of nitrogens with zero attached hydrogens (tertiary/aromatic N) is 1. The van der Waals surface area contributed by atoms with Crippen molar-refractivity contribution in [3.8, 4) is 0 Å². The van der Waals surface area contributed by atoms with Gasteiger partial charge in [-0.2, -0.15) is 0 Å². The molecule has 0 radical (unpaired) electrons. The Morgan fingerprint density at radius 2 is 1.95 bits per heavy atom. The van der Waals surface area contributed by atoms with Crippen molar-refractivity contribution in [3.05, 3.63) is 35.4 Å². The molecule has 0 saturated carbocycles. The number of ether oxygens (including phenoxy) is 1. The molecule has 104 valence electrons. The minimum Gasteiger partial charge on any atom is -0.381 e. The van der Waals surface area contributed by atoms with E-state index in [-0.39, 0.29) is 5.91 Å². The van der Waals surface area contributed by atoms with Crippen LogP contribution in [0.5, 0.6) is 0 Å². The van der Waals surface area contributed by atoms with Crippen molar-refractivity contribution >= 4 is 5.91 Å². The summed E-state index contributed by atoms with van der Waals surface area (Å²) < 4.78 is 5.33. The summed E-state index contributed by atoms with van der Waals surface area (Å²) in [5.74, 6) is 0.160. The fraction of sp³-hybridized carbons (Fsp3) is 0.533. The summed E-state index contributed by atoms with van der Waals surface area (Å²) in [5, 5.41) is 0. The summed E-state index contributed by atoms with van der Waals surface area (Å²) in [6.07, 6.45) is 2.29. The molecule has 0 unspecified atom stereocenters. The third kappa shape index (κ3) is 3.55. The molecule has 1 aliphatic rings. The number of hydrogen-bond acceptors (Lipinski definition) is 3. The van der Waals surface area contributed by atoms with Crippen LogP contribution in [-0.2, 0) is 22.5 Å². The van der Waals surface area contributed by atoms with E-state index in [0.717, 1.165) is 37.2 Å². The van der Waals surface area contributed by atoms with Crippen LogP contribution < -0.4 is 5.73 Å². The number of benzene rings is 1. The Hall–Kier alpha value is -1.39. The highest BCUT2D eigenvalue weighted by Crippen LogP contribution is 2.15. The molecule has 1 aromatic carbocycles. The molecule has 1 saturated heterocycles. The molecule has 4 heteroatoms. The lowest BCUT2D eigenvalue weighted by molar-refractivity contribution is -0.132. The molecule has 0 bridgehead atoms. The fourth-order valence-corrected chi connectivity index (χ4v) is 2.49. The van der Waals surface area contributed by atoms with E-state index < -0.39 is 0 Å². The molecular weight excluding hydrogens is 240 g/mol. The van der Waals surface area contributed by atoms with Gasteiger partial charge in [-0.25, -0.2) is 0 Å². The van der Waals surface area contributed by atoms with Gasteiger partial charge in [0.2, 0.25) is 5.91 Å². The van der Waals surface area contributed by atoms with E-state index in [1.807, 2.05) is 36.2 Å². The van der Waals surface area contributed by atoms with Gasteiger partial charge in [0.05, 0.1) is 6.42 Å². The molecule has 19 heavy (non-hydrogen) atoms. The zero-order valence-corrected chi connectivity index (χ0v) is 11.5. The summed E-state index contributed by atoms with van der Waals surface area (Å²) in [4.78, 5) is 14.2. The summed E-state index contributed by atoms with van der Waals surface area (Å²) in [5.41, 5.74) is 7.79. The highest BCUT2D eigenvalue weighted by Gasteiger charge is 2.22. The van der Waals surface area contributed by atoms with Gasteiger partial charge < -0.3 is 15.4 Å². The van der Waals surface area contributed by atoms with Crippen LogP contribution in [0.25, 0.3) is 0 Å². The quantitative estimate of drug-likeness (QED) is 0.890. The van der Waals surface area contributed by atoms with Crippen molar-refractivity contribution in [1.82, 2.24) is 4.90 Å². The van der Waals surface area contributed by atoms with Crippen LogP contribution in [0.4, 0.5) is 0 Å². The SMILES string of the molecule is CN(C(=O)Cc1ccccc1CN)C1CCOCC1. The Bertz CT molecular complexity index is 428. The predicted molar refractivity (Wildman–Crippen MR) is 74.6 cm³/mol. The Balaban J connectivity index is 1.99. The number of hydrogen-bond donors (Lipinski definition) is 1. The zero-order chi connectivity index (χ0) is 13.7. The lowest BCUT2D eigenvalue weighted by Crippen LogP contribution is -2.41. The minimum absolute atomic E-state index is 0.160. The maximum atomic E-state index is 12.3. The Morgan fingerprint density at radius 1 is 1.32 bits per heavy atom. The van der Waals surface area contributed by atoms with Crippen LogP contribution in [0.15, 0.2) is 24.3 Å². The first-order valence-corrected chi connectivity index (χ1v) is 6.82. The predicted octanol–water partition coefficient (Wildman–Crippen LogP) is 1.33. The van der Waals surface area contributed by atoms with Crippen molar-refractivity contribution in [2.45, 2.75) is 31.8 Å². The maximum Gasteiger partial charge on any atom is 0.226 e. The minimum atomic E-state index is 0.160. The van der Waals surface area contributed by atoms with Crippen LogP contribution in [0.3, 0.4) is 0 Å². The molecule has 0 atom stereocenters. The number of nitrogens with two attached hydrogens (primary N) is 1. The van der Waals surface area contributed by atoms with E-state index in [1.165, 1.54) is 0 Å². The number of likely N-dealkylation sites (N-methyl/N-ethyl adjacent to an activating group) is 1. The van der Waals surface area contributed by atoms with Crippen molar-refractivity contribution < 1.29 is 9.53 Å². The highest BCUT2D eigenvalue weighted by molar-refractivity contribution is 5.79. The van der Waals surface area contributed by atoms with Crippen LogP contribution in [0.2, 0.25) is 0 Å². The lowest BCUT2D eigenvalue weighted by Gasteiger charge is -2.31. The monoisotopic (exact) mass is 262 g/mol. The van der Waals surface area contributed by atoms with Crippen molar-refractivity contribution in [2.24, 2.45) is 5.73 Å². The molecule has 1 aromatic rings. The Kier molecular flexibility index (Phi) is 4.93. The number of carbonyl (C=O) groups excluding carboxylic acids is 1. The lowest BCUT2D eigenvalue weighted by atomic mass is 10.0. The Morgan fingerprint density at radius 3 is 2.58 bits per heavy atom. The molecule has 1 heterocycles. The zero-order valence-electron chi connectivity index (χ0n) is 11.5. The fourth-order valence-electron chi connectivity index (χ4n) is 2.49. The van der Waals surface area contributed by atoms with Crippen molar-refractivity contribution in [3.63, 3.8) is 0 Å². The molecule has 0 aliphatic carbocycles. The van der Waals surface area contributed by atoms with Gasteiger partial charge in [-0.3, -0.25) is 4.79 Å². The van der Waals surface area contributed by atoms with E-state index in [1.54, 1.807) is 0 Å². The second-order valence-electron chi connectivity index (χ2n) is 5.00. The second kappa shape index (κ2) is 6.68. The maximum absolute atomic E-state index is 12.3. The first-order chi connectivity index (χ1) is 9.22. The van der Waals surface area contributed by atoms with Gasteiger partial charge in [-0.15, -0.1) is 0 Å². The molecule has 0 spiro atoms. The van der Waals surface area contributed by atoms with Gasteiger partial charge in [0.25, 0.3) is 0 Å². The van der Waals surface area contributed by atoms with Crippen LogP contribution in [0, 0.1) is 0 Å². The van der Waals surface area contributed by atoms with Gasteiger partial charge in [0.15, 0.2) is 0 Å². The number of amides is 1. The standard InChI is InChI=1S/C15H22N2O2/c1-17(14-6-8-19-9-7-14)15(18)10-12-4-2-3-5-13(12)11-16/h2-5,14H,6-11,16H2,1H3. The second-order valence-corrected chi connectivity index (χ2v) is 5.00. The van der Waals surface area contributed by atoms with Gasteiger partial charge in [0, 0.05) is 32.8 Å². The van der Waals surface area contributed by atoms with E-state index in [9.17, 15) is 4.79 Å². The van der Waals surface area contributed by atoms with E-state index >= 15 is 0 Å². The van der Waals surface area contributed by atoms with Gasteiger partial charge in [-0.1, -0.05) is 24.3 Å². The summed E-state index contributed by atoms with van der Waals surface area (Å²) in [6.45, 7) is 1.98. The summed E-state index contributed by atoms with van der Waals surface area (Å²) in [6, 6.07) is 8.19. The molecule has 4 nitrogen and oxygen atoms in total. The van der Waals surface area contributed by atoms with Gasteiger partial charge >= 0.3 is 0 Å². The third-order valence-electron chi connectivity index (χ3n) is 3.81. The molecule has 1 amide bonds. The molecular formula is C15H22N2O2. The van der Waals surface area contributed by atoms with Gasteiger partial charge in [-0.05, 0) is 24.0 Å². The number of rotatable bonds is 4. The van der Waals surface area contributed by atoms with Crippen molar-refractivity contribution in [2.75, 3.05) is 20.3 Å². The molecule has 1 fully saturated rings. The number of carbonyl (C=O) groups is 1. The summed E-state index contributed by atoms with van der Waals surface area (Å²) in [7, 11) is 1.89. The summed E-state index contributed by atoms with van der Waals surface area (Å²) >= 11 is 0. The first kappa shape index (κ1) is 14.0. The van der Waals surface area contributed by atoms with Crippen LogP contribution >= 0.6 is 0 Å². The first-order valence-electron chi connectivity index (χ1n) is 6.82. The van der Waals surface area contributed by atoms with Crippen LogP contribution in [-0.4, -0.2) is 37.1 Å². The molecule has 0 aromatic heterocycles. The van der Waals surface area contributed by atoms with Crippen LogP contribution in [0.1, 0.15) is 24.0 Å². The normalized spacial score (nSPS) is 16.3. The topological polar surface area (TPSA) is 55.6 Å². The third-order valence-corrected chi connectivity index (χ3v) is 3.81. The van der Waals surface area contributed by atoms with E-state index in [4.69, 9.17) is 10.5 Å². The largest absolute Gasteiger partial charge is 0.381 e. The molecule has 1 aliphatic heterocycles. The molecule has 2 rings (SSSR count). The van der Waals surface area contributed by atoms with E-state index in [2.05, 4.69) is 0 Å². The average molecular weight is 262 g/mol. The molecule has 2 N–H and O–H groups in total. The van der Waals surface area contributed by atoms with Crippen molar-refractivity contribution in [1.29, 1.82) is 0 Å². The van der Waals surface area contributed by atoms with E-state index in [0.29, 0.717) is 19.0 Å². The smallest absolute Gasteiger partial charge is 0.226 e. The van der Waals surface area contributed by atoms with Gasteiger partial charge in [0.1, 0.15) is 0 Å². The average Bonchev–Trinajstić information content (AvgIpc) is 2.48.